The second kappa shape index (κ2) is 10.5. The predicted octanol–water partition coefficient (Wildman–Crippen LogP) is 4.73. The molecular weight excluding hydrogens is 370 g/mol. The molecule has 0 aromatic heterocycles. The maximum absolute atomic E-state index is 13.3. The molecule has 0 bridgehead atoms. The van der Waals surface area contributed by atoms with Crippen LogP contribution in [0.3, 0.4) is 0 Å². The van der Waals surface area contributed by atoms with E-state index in [0.717, 1.165) is 56.4 Å². The Labute approximate surface area is 172 Å². The van der Waals surface area contributed by atoms with E-state index in [4.69, 9.17) is 0 Å². The van der Waals surface area contributed by atoms with Crippen LogP contribution in [-0.4, -0.2) is 37.5 Å². The van der Waals surface area contributed by atoms with Crippen molar-refractivity contribution in [2.75, 3.05) is 26.7 Å². The van der Waals surface area contributed by atoms with Gasteiger partial charge in [0.05, 0.1) is 0 Å². The van der Waals surface area contributed by atoms with Gasteiger partial charge in [0.1, 0.15) is 11.6 Å². The summed E-state index contributed by atoms with van der Waals surface area (Å²) in [6.45, 7) is 2.67. The Morgan fingerprint density at radius 2 is 1.62 bits per heavy atom. The summed E-state index contributed by atoms with van der Waals surface area (Å²) in [6, 6.07) is 13.0. The number of hydrogen-bond acceptors (Lipinski definition) is 2. The third-order valence-corrected chi connectivity index (χ3v) is 5.81. The molecule has 156 valence electrons. The van der Waals surface area contributed by atoms with Gasteiger partial charge in [-0.15, -0.1) is 0 Å². The highest BCUT2D eigenvalue weighted by Gasteiger charge is 2.25. The minimum Gasteiger partial charge on any atom is -0.342 e. The molecular formula is C24H30F2N2O. The van der Waals surface area contributed by atoms with Gasteiger partial charge in [0, 0.05) is 25.4 Å². The van der Waals surface area contributed by atoms with Crippen LogP contribution in [-0.2, 0) is 4.79 Å². The molecule has 0 aliphatic carbocycles. The largest absolute Gasteiger partial charge is 0.342 e. The summed E-state index contributed by atoms with van der Waals surface area (Å²) in [5.74, 6) is 0.339. The summed E-state index contributed by atoms with van der Waals surface area (Å²) in [5, 5.41) is 3.19. The van der Waals surface area contributed by atoms with Crippen molar-refractivity contribution in [3.05, 3.63) is 71.3 Å². The van der Waals surface area contributed by atoms with Crippen LogP contribution in [0.2, 0.25) is 0 Å². The molecule has 1 heterocycles. The first-order chi connectivity index (χ1) is 14.1. The summed E-state index contributed by atoms with van der Waals surface area (Å²) in [5.41, 5.74) is 2.03. The normalized spacial score (nSPS) is 16.6. The Bertz CT molecular complexity index is 731. The molecule has 1 saturated heterocycles. The average Bonchev–Trinajstić information content (AvgIpc) is 3.19. The maximum atomic E-state index is 13.3. The molecule has 3 nitrogen and oxygen atoms in total. The number of likely N-dealkylation sites (tertiary alicyclic amines) is 1. The first kappa shape index (κ1) is 21.4. The van der Waals surface area contributed by atoms with Gasteiger partial charge in [-0.2, -0.15) is 0 Å². The standard InChI is InChI=1S/C24H30F2N2O/c1-27-16-18-14-15-28(17-18)24(29)5-3-2-4-23(19-6-10-21(25)11-7-19)20-8-12-22(26)13-9-20/h6-13,18,23,27H,2-5,14-17H2,1H3. The van der Waals surface area contributed by atoms with Crippen molar-refractivity contribution in [1.82, 2.24) is 10.2 Å². The summed E-state index contributed by atoms with van der Waals surface area (Å²) < 4.78 is 26.7. The second-order valence-corrected chi connectivity index (χ2v) is 7.95. The fourth-order valence-corrected chi connectivity index (χ4v) is 4.21. The molecule has 1 aliphatic heterocycles. The van der Waals surface area contributed by atoms with E-state index < -0.39 is 0 Å². The predicted molar refractivity (Wildman–Crippen MR) is 112 cm³/mol. The number of rotatable bonds is 9. The number of unbranched alkanes of at least 4 members (excludes halogenated alkanes) is 1. The van der Waals surface area contributed by atoms with Crippen molar-refractivity contribution >= 4 is 5.91 Å². The quantitative estimate of drug-likeness (QED) is 0.618. The van der Waals surface area contributed by atoms with Gasteiger partial charge in [-0.3, -0.25) is 4.79 Å². The highest BCUT2D eigenvalue weighted by atomic mass is 19.1. The number of nitrogens with zero attached hydrogens (tertiary/aromatic N) is 1. The van der Waals surface area contributed by atoms with Crippen LogP contribution in [0.5, 0.6) is 0 Å². The van der Waals surface area contributed by atoms with Crippen molar-refractivity contribution in [3.8, 4) is 0 Å². The van der Waals surface area contributed by atoms with E-state index in [0.29, 0.717) is 12.3 Å². The van der Waals surface area contributed by atoms with Crippen LogP contribution in [0.15, 0.2) is 48.5 Å². The maximum Gasteiger partial charge on any atom is 0.222 e. The third-order valence-electron chi connectivity index (χ3n) is 5.81. The lowest BCUT2D eigenvalue weighted by Crippen LogP contribution is -2.30. The molecule has 2 aromatic carbocycles. The molecule has 1 N–H and O–H groups in total. The van der Waals surface area contributed by atoms with E-state index in [9.17, 15) is 13.6 Å². The molecule has 1 atom stereocenters. The van der Waals surface area contributed by atoms with E-state index in [-0.39, 0.29) is 23.5 Å². The van der Waals surface area contributed by atoms with E-state index in [1.54, 1.807) is 24.3 Å². The molecule has 1 fully saturated rings. The Morgan fingerprint density at radius 3 is 2.17 bits per heavy atom. The van der Waals surface area contributed by atoms with Gasteiger partial charge < -0.3 is 10.2 Å². The van der Waals surface area contributed by atoms with Crippen LogP contribution in [0.4, 0.5) is 8.78 Å². The van der Waals surface area contributed by atoms with Crippen LogP contribution in [0, 0.1) is 17.6 Å². The summed E-state index contributed by atoms with van der Waals surface area (Å²) in [4.78, 5) is 14.5. The number of nitrogens with one attached hydrogen (secondary N) is 1. The average molecular weight is 401 g/mol. The van der Waals surface area contributed by atoms with Gasteiger partial charge in [0.25, 0.3) is 0 Å². The van der Waals surface area contributed by atoms with Gasteiger partial charge in [0.15, 0.2) is 0 Å². The van der Waals surface area contributed by atoms with Crippen molar-refractivity contribution in [2.45, 2.75) is 38.0 Å². The lowest BCUT2D eigenvalue weighted by Gasteiger charge is -2.19. The lowest BCUT2D eigenvalue weighted by molar-refractivity contribution is -0.130. The van der Waals surface area contributed by atoms with Gasteiger partial charge in [-0.05, 0) is 74.2 Å². The molecule has 0 saturated carbocycles. The molecule has 29 heavy (non-hydrogen) atoms. The number of carbonyl (C=O) groups is 1. The van der Waals surface area contributed by atoms with Crippen molar-refractivity contribution in [3.63, 3.8) is 0 Å². The van der Waals surface area contributed by atoms with E-state index >= 15 is 0 Å². The number of halogens is 2. The SMILES string of the molecule is CNCC1CCN(C(=O)CCCCC(c2ccc(F)cc2)c2ccc(F)cc2)C1. The highest BCUT2D eigenvalue weighted by molar-refractivity contribution is 5.76. The molecule has 1 amide bonds. The minimum absolute atomic E-state index is 0.0677. The highest BCUT2D eigenvalue weighted by Crippen LogP contribution is 2.30. The fourth-order valence-electron chi connectivity index (χ4n) is 4.21. The van der Waals surface area contributed by atoms with E-state index in [2.05, 4.69) is 5.32 Å². The Kier molecular flexibility index (Phi) is 7.76. The van der Waals surface area contributed by atoms with E-state index in [1.807, 2.05) is 11.9 Å². The van der Waals surface area contributed by atoms with E-state index in [1.165, 1.54) is 24.3 Å². The second-order valence-electron chi connectivity index (χ2n) is 7.95. The number of amides is 1. The topological polar surface area (TPSA) is 32.3 Å². The zero-order chi connectivity index (χ0) is 20.6. The van der Waals surface area contributed by atoms with Crippen LogP contribution in [0.25, 0.3) is 0 Å². The molecule has 2 aromatic rings. The van der Waals surface area contributed by atoms with Gasteiger partial charge >= 0.3 is 0 Å². The molecule has 3 rings (SSSR count). The minimum atomic E-state index is -0.264. The Morgan fingerprint density at radius 1 is 1.03 bits per heavy atom. The molecule has 0 spiro atoms. The Balaban J connectivity index is 1.54. The molecule has 5 heteroatoms. The van der Waals surface area contributed by atoms with Gasteiger partial charge in [0.2, 0.25) is 5.91 Å². The van der Waals surface area contributed by atoms with Crippen LogP contribution < -0.4 is 5.32 Å². The Hall–Kier alpha value is -2.27. The smallest absolute Gasteiger partial charge is 0.222 e. The molecule has 1 aliphatic rings. The van der Waals surface area contributed by atoms with Crippen LogP contribution in [0.1, 0.15) is 49.1 Å². The summed E-state index contributed by atoms with van der Waals surface area (Å²) in [6.07, 6.45) is 4.19. The first-order valence-corrected chi connectivity index (χ1v) is 10.5. The van der Waals surface area contributed by atoms with Gasteiger partial charge in [-0.1, -0.05) is 30.7 Å². The number of benzene rings is 2. The monoisotopic (exact) mass is 400 g/mol. The lowest BCUT2D eigenvalue weighted by atomic mass is 9.87. The number of hydrogen-bond donors (Lipinski definition) is 1. The van der Waals surface area contributed by atoms with Crippen molar-refractivity contribution < 1.29 is 13.6 Å². The zero-order valence-electron chi connectivity index (χ0n) is 17.0. The molecule has 0 radical (unpaired) electrons. The third kappa shape index (κ3) is 6.10. The van der Waals surface area contributed by atoms with Crippen molar-refractivity contribution in [2.24, 2.45) is 5.92 Å². The summed E-state index contributed by atoms with van der Waals surface area (Å²) >= 11 is 0. The van der Waals surface area contributed by atoms with Crippen LogP contribution >= 0.6 is 0 Å². The molecule has 1 unspecified atom stereocenters. The van der Waals surface area contributed by atoms with Gasteiger partial charge in [-0.25, -0.2) is 8.78 Å². The fraction of sp³-hybridized carbons (Fsp3) is 0.458. The van der Waals surface area contributed by atoms with Crippen molar-refractivity contribution in [1.29, 1.82) is 0 Å². The first-order valence-electron chi connectivity index (χ1n) is 10.5. The number of carbonyl (C=O) groups excluding carboxylic acids is 1. The zero-order valence-corrected chi connectivity index (χ0v) is 17.0. The summed E-state index contributed by atoms with van der Waals surface area (Å²) in [7, 11) is 1.95.